The molecule has 1 saturated carbocycles. The number of halogens is 2. The van der Waals surface area contributed by atoms with Crippen molar-refractivity contribution in [2.24, 2.45) is 11.8 Å². The number of aromatic nitrogens is 2. The zero-order valence-corrected chi connectivity index (χ0v) is 14.4. The van der Waals surface area contributed by atoms with Crippen LogP contribution in [0.3, 0.4) is 0 Å². The van der Waals surface area contributed by atoms with Crippen LogP contribution in [-0.2, 0) is 6.54 Å². The molecule has 2 aromatic rings. The summed E-state index contributed by atoms with van der Waals surface area (Å²) in [6.45, 7) is 3.17. The van der Waals surface area contributed by atoms with Crippen molar-refractivity contribution < 1.29 is 4.39 Å². The molecule has 1 fully saturated rings. The molecule has 5 heteroatoms. The van der Waals surface area contributed by atoms with E-state index in [1.54, 1.807) is 12.1 Å². The van der Waals surface area contributed by atoms with Crippen LogP contribution in [0.1, 0.15) is 39.0 Å². The quantitative estimate of drug-likeness (QED) is 0.766. The second-order valence-corrected chi connectivity index (χ2v) is 7.45. The Balaban J connectivity index is 1.77. The molecule has 0 amide bonds. The van der Waals surface area contributed by atoms with Crippen LogP contribution in [0.25, 0.3) is 11.0 Å². The highest BCUT2D eigenvalue weighted by Gasteiger charge is 2.19. The number of fused-ring (bicyclic) bond motifs is 1. The molecule has 3 nitrogen and oxygen atoms in total. The number of nitrogen functional groups attached to an aromatic ring is 1. The van der Waals surface area contributed by atoms with Gasteiger partial charge in [-0.15, -0.1) is 0 Å². The lowest BCUT2D eigenvalue weighted by molar-refractivity contribution is 0.270. The Morgan fingerprint density at radius 1 is 1.33 bits per heavy atom. The molecule has 1 aromatic carbocycles. The molecule has 0 radical (unpaired) electrons. The first-order valence-corrected chi connectivity index (χ1v) is 8.73. The van der Waals surface area contributed by atoms with Crippen molar-refractivity contribution in [2.45, 2.75) is 45.6 Å². The summed E-state index contributed by atoms with van der Waals surface area (Å²) in [7, 11) is 0. The molecule has 3 rings (SSSR count). The molecule has 0 aliphatic heterocycles. The van der Waals surface area contributed by atoms with Gasteiger partial charge in [-0.25, -0.2) is 9.37 Å². The molecular weight excluding hydrogens is 380 g/mol. The Morgan fingerprint density at radius 2 is 2.05 bits per heavy atom. The minimum Gasteiger partial charge on any atom is -0.369 e. The summed E-state index contributed by atoms with van der Waals surface area (Å²) < 4.78 is 16.3. The largest absolute Gasteiger partial charge is 0.369 e. The average Bonchev–Trinajstić information content (AvgIpc) is 2.74. The van der Waals surface area contributed by atoms with Gasteiger partial charge in [0.15, 0.2) is 0 Å². The molecule has 1 aromatic heterocycles. The molecule has 2 N–H and O–H groups in total. The van der Waals surface area contributed by atoms with Gasteiger partial charge in [0, 0.05) is 12.6 Å². The van der Waals surface area contributed by atoms with Crippen molar-refractivity contribution in [1.82, 2.24) is 9.55 Å². The van der Waals surface area contributed by atoms with E-state index in [4.69, 9.17) is 5.73 Å². The van der Waals surface area contributed by atoms with Crippen molar-refractivity contribution in [2.75, 3.05) is 5.73 Å². The van der Waals surface area contributed by atoms with Crippen molar-refractivity contribution >= 4 is 39.6 Å². The monoisotopic (exact) mass is 401 g/mol. The molecule has 1 aliphatic rings. The molecule has 1 aliphatic carbocycles. The Hall–Kier alpha value is -0.850. The molecule has 0 atom stereocenters. The van der Waals surface area contributed by atoms with Gasteiger partial charge in [0.05, 0.1) is 14.6 Å². The van der Waals surface area contributed by atoms with Gasteiger partial charge < -0.3 is 10.3 Å². The minimum absolute atomic E-state index is 0.198. The SMILES string of the molecule is CC1CCC(CCn2c(N)nc3cc(I)c(F)cc32)CC1. The number of hydrogen-bond donors (Lipinski definition) is 1. The number of imidazole rings is 1. The van der Waals surface area contributed by atoms with Crippen molar-refractivity contribution in [1.29, 1.82) is 0 Å². The van der Waals surface area contributed by atoms with E-state index in [-0.39, 0.29) is 5.82 Å². The fourth-order valence-corrected chi connectivity index (χ4v) is 3.75. The standard InChI is InChI=1S/C16H21FIN3/c1-10-2-4-11(5-3-10)6-7-21-15-8-12(17)13(18)9-14(15)20-16(21)19/h8-11H,2-7H2,1H3,(H2,19,20). The Bertz CT molecular complexity index is 644. The van der Waals surface area contributed by atoms with E-state index in [1.165, 1.54) is 25.7 Å². The number of aryl methyl sites for hydroxylation is 1. The van der Waals surface area contributed by atoms with Crippen molar-refractivity contribution in [3.05, 3.63) is 21.5 Å². The van der Waals surface area contributed by atoms with E-state index < -0.39 is 0 Å². The van der Waals surface area contributed by atoms with Crippen LogP contribution in [-0.4, -0.2) is 9.55 Å². The highest BCUT2D eigenvalue weighted by atomic mass is 127. The number of nitrogens with zero attached hydrogens (tertiary/aromatic N) is 2. The molecule has 0 bridgehead atoms. The summed E-state index contributed by atoms with van der Waals surface area (Å²) in [5.74, 6) is 1.94. The van der Waals surface area contributed by atoms with Crippen molar-refractivity contribution in [3.63, 3.8) is 0 Å². The van der Waals surface area contributed by atoms with Crippen LogP contribution in [0.5, 0.6) is 0 Å². The van der Waals surface area contributed by atoms with Crippen LogP contribution < -0.4 is 5.73 Å². The summed E-state index contributed by atoms with van der Waals surface area (Å²) in [6.07, 6.45) is 6.38. The molecular formula is C16H21FIN3. The molecule has 21 heavy (non-hydrogen) atoms. The zero-order chi connectivity index (χ0) is 15.0. The summed E-state index contributed by atoms with van der Waals surface area (Å²) in [5, 5.41) is 0. The van der Waals surface area contributed by atoms with Gasteiger partial charge >= 0.3 is 0 Å². The topological polar surface area (TPSA) is 43.8 Å². The maximum Gasteiger partial charge on any atom is 0.201 e. The number of hydrogen-bond acceptors (Lipinski definition) is 2. The third-order valence-corrected chi connectivity index (χ3v) is 5.54. The Morgan fingerprint density at radius 3 is 2.76 bits per heavy atom. The maximum atomic E-state index is 13.8. The normalized spacial score (nSPS) is 22.8. The number of anilines is 1. The third-order valence-electron chi connectivity index (χ3n) is 4.72. The summed E-state index contributed by atoms with van der Waals surface area (Å²) >= 11 is 1.99. The number of nitrogens with two attached hydrogens (primary N) is 1. The first kappa shape index (κ1) is 15.1. The van der Waals surface area contributed by atoms with Gasteiger partial charge in [0.2, 0.25) is 5.95 Å². The van der Waals surface area contributed by atoms with E-state index >= 15 is 0 Å². The van der Waals surface area contributed by atoms with E-state index in [0.29, 0.717) is 9.52 Å². The maximum absolute atomic E-state index is 13.8. The van der Waals surface area contributed by atoms with Crippen LogP contribution in [0.15, 0.2) is 12.1 Å². The zero-order valence-electron chi connectivity index (χ0n) is 12.3. The fraction of sp³-hybridized carbons (Fsp3) is 0.562. The fourth-order valence-electron chi connectivity index (χ4n) is 3.30. The molecule has 0 saturated heterocycles. The number of benzene rings is 1. The molecule has 0 unspecified atom stereocenters. The van der Waals surface area contributed by atoms with E-state index in [1.807, 2.05) is 27.2 Å². The number of rotatable bonds is 3. The second kappa shape index (κ2) is 6.10. The predicted molar refractivity (Wildman–Crippen MR) is 92.6 cm³/mol. The van der Waals surface area contributed by atoms with Gasteiger partial charge in [0.25, 0.3) is 0 Å². The van der Waals surface area contributed by atoms with Crippen LogP contribution >= 0.6 is 22.6 Å². The van der Waals surface area contributed by atoms with Crippen molar-refractivity contribution in [3.8, 4) is 0 Å². The first-order chi connectivity index (χ1) is 10.0. The molecule has 0 spiro atoms. The van der Waals surface area contributed by atoms with Crippen LogP contribution in [0, 0.1) is 21.2 Å². The van der Waals surface area contributed by atoms with E-state index in [9.17, 15) is 4.39 Å². The summed E-state index contributed by atoms with van der Waals surface area (Å²) in [6, 6.07) is 3.32. The summed E-state index contributed by atoms with van der Waals surface area (Å²) in [5.41, 5.74) is 7.62. The van der Waals surface area contributed by atoms with Gasteiger partial charge in [0.1, 0.15) is 5.82 Å². The summed E-state index contributed by atoms with van der Waals surface area (Å²) in [4.78, 5) is 4.36. The minimum atomic E-state index is -0.198. The van der Waals surface area contributed by atoms with E-state index in [2.05, 4.69) is 11.9 Å². The smallest absolute Gasteiger partial charge is 0.201 e. The highest BCUT2D eigenvalue weighted by molar-refractivity contribution is 14.1. The molecule has 114 valence electrons. The van der Waals surface area contributed by atoms with Gasteiger partial charge in [-0.1, -0.05) is 32.6 Å². The third kappa shape index (κ3) is 3.17. The lowest BCUT2D eigenvalue weighted by atomic mass is 9.81. The highest BCUT2D eigenvalue weighted by Crippen LogP contribution is 2.31. The Kier molecular flexibility index (Phi) is 4.38. The average molecular weight is 401 g/mol. The van der Waals surface area contributed by atoms with Crippen LogP contribution in [0.2, 0.25) is 0 Å². The van der Waals surface area contributed by atoms with E-state index in [0.717, 1.165) is 35.8 Å². The van der Waals surface area contributed by atoms with Gasteiger partial charge in [-0.2, -0.15) is 0 Å². The Labute approximate surface area is 138 Å². The van der Waals surface area contributed by atoms with Crippen LogP contribution in [0.4, 0.5) is 10.3 Å². The van der Waals surface area contributed by atoms with Gasteiger partial charge in [-0.05, 0) is 46.9 Å². The predicted octanol–water partition coefficient (Wildman–Crippen LogP) is 4.58. The molecule has 1 heterocycles. The first-order valence-electron chi connectivity index (χ1n) is 7.65. The second-order valence-electron chi connectivity index (χ2n) is 6.29. The lowest BCUT2D eigenvalue weighted by Gasteiger charge is -2.26. The lowest BCUT2D eigenvalue weighted by Crippen LogP contribution is -2.15. The van der Waals surface area contributed by atoms with Gasteiger partial charge in [-0.3, -0.25) is 0 Å².